The van der Waals surface area contributed by atoms with Gasteiger partial charge in [-0.25, -0.2) is 14.4 Å². The number of benzene rings is 1. The Hall–Kier alpha value is -3.71. The van der Waals surface area contributed by atoms with Gasteiger partial charge >= 0.3 is 0 Å². The predicted octanol–water partition coefficient (Wildman–Crippen LogP) is 3.84. The summed E-state index contributed by atoms with van der Waals surface area (Å²) in [6.45, 7) is 4.27. The van der Waals surface area contributed by atoms with Crippen LogP contribution in [0.3, 0.4) is 0 Å². The van der Waals surface area contributed by atoms with Gasteiger partial charge in [0.25, 0.3) is 0 Å². The van der Waals surface area contributed by atoms with Crippen molar-refractivity contribution in [3.05, 3.63) is 54.5 Å². The van der Waals surface area contributed by atoms with Gasteiger partial charge in [-0.3, -0.25) is 14.0 Å². The zero-order valence-corrected chi connectivity index (χ0v) is 21.4. The zero-order valence-electron chi connectivity index (χ0n) is 20.5. The van der Waals surface area contributed by atoms with Gasteiger partial charge in [-0.05, 0) is 44.0 Å². The van der Waals surface area contributed by atoms with E-state index in [0.717, 1.165) is 12.4 Å². The molecule has 1 aromatic carbocycles. The van der Waals surface area contributed by atoms with Crippen LogP contribution < -0.4 is 14.2 Å². The molecule has 3 heterocycles. The predicted molar refractivity (Wildman–Crippen MR) is 134 cm³/mol. The van der Waals surface area contributed by atoms with Crippen molar-refractivity contribution < 1.29 is 18.6 Å². The van der Waals surface area contributed by atoms with E-state index in [4.69, 9.17) is 14.2 Å². The van der Waals surface area contributed by atoms with Crippen LogP contribution in [0.25, 0.3) is 17.2 Å². The molecule has 2 atom stereocenters. The summed E-state index contributed by atoms with van der Waals surface area (Å²) >= 11 is 1.35. The highest BCUT2D eigenvalue weighted by atomic mass is 32.2. The molecule has 3 aromatic heterocycles. The average Bonchev–Trinajstić information content (AvgIpc) is 3.51. The summed E-state index contributed by atoms with van der Waals surface area (Å²) in [5.74, 6) is 1.94. The standard InChI is InChI=1S/C23H27FN8O3S/c1-6-35-20(21-25-12-15(24)13-26-21)14(2)36-30-23-28-27-22(16-10-11-31(3)29-16)32(23)19-17(33-4)8-7-9-18(19)34-5/h7-14,20H,6H2,1-5H3,(H,28,30). The summed E-state index contributed by atoms with van der Waals surface area (Å²) in [6, 6.07) is 7.34. The number of rotatable bonds is 11. The molecule has 0 radical (unpaired) electrons. The number of aryl methyl sites for hydroxylation is 1. The highest BCUT2D eigenvalue weighted by Crippen LogP contribution is 2.38. The first kappa shape index (κ1) is 25.4. The summed E-state index contributed by atoms with van der Waals surface area (Å²) in [5.41, 5.74) is 1.24. The van der Waals surface area contributed by atoms with Crippen molar-refractivity contribution in [1.29, 1.82) is 0 Å². The molecule has 0 aliphatic rings. The maximum Gasteiger partial charge on any atom is 0.239 e. The number of hydrogen-bond acceptors (Lipinski definition) is 10. The average molecular weight is 515 g/mol. The van der Waals surface area contributed by atoms with Gasteiger partial charge in [0.1, 0.15) is 29.0 Å². The molecule has 0 aliphatic carbocycles. The lowest BCUT2D eigenvalue weighted by Crippen LogP contribution is -2.20. The number of anilines is 1. The lowest BCUT2D eigenvalue weighted by atomic mass is 10.2. The highest BCUT2D eigenvalue weighted by molar-refractivity contribution is 8.01. The van der Waals surface area contributed by atoms with Crippen LogP contribution in [0.15, 0.2) is 42.9 Å². The quantitative estimate of drug-likeness (QED) is 0.296. The van der Waals surface area contributed by atoms with E-state index in [9.17, 15) is 4.39 Å². The Kier molecular flexibility index (Phi) is 8.00. The van der Waals surface area contributed by atoms with Crippen molar-refractivity contribution in [3.63, 3.8) is 0 Å². The fourth-order valence-electron chi connectivity index (χ4n) is 3.59. The monoisotopic (exact) mass is 514 g/mol. The number of para-hydroxylation sites is 1. The first-order valence-corrected chi connectivity index (χ1v) is 12.0. The Morgan fingerprint density at radius 2 is 1.78 bits per heavy atom. The van der Waals surface area contributed by atoms with E-state index in [1.54, 1.807) is 23.5 Å². The van der Waals surface area contributed by atoms with Crippen LogP contribution >= 0.6 is 11.9 Å². The normalized spacial score (nSPS) is 12.8. The van der Waals surface area contributed by atoms with Gasteiger partial charge in [0.05, 0.1) is 31.9 Å². The number of nitrogens with one attached hydrogen (secondary N) is 1. The number of aromatic nitrogens is 7. The number of ether oxygens (including phenoxy) is 3. The van der Waals surface area contributed by atoms with Gasteiger partial charge in [0.2, 0.25) is 5.95 Å². The summed E-state index contributed by atoms with van der Waals surface area (Å²) < 4.78 is 37.3. The SMILES string of the molecule is CCOC(c1ncc(F)cn1)C(C)SNc1nnc(-c2ccn(C)n2)n1-c1c(OC)cccc1OC. The topological polar surface area (TPSA) is 114 Å². The first-order valence-electron chi connectivity index (χ1n) is 11.1. The number of nitrogens with zero attached hydrogens (tertiary/aromatic N) is 7. The Morgan fingerprint density at radius 1 is 1.08 bits per heavy atom. The van der Waals surface area contributed by atoms with Crippen LogP contribution in [-0.4, -0.2) is 60.6 Å². The maximum atomic E-state index is 13.4. The Balaban J connectivity index is 1.71. The van der Waals surface area contributed by atoms with E-state index in [1.165, 1.54) is 11.9 Å². The van der Waals surface area contributed by atoms with E-state index < -0.39 is 11.9 Å². The van der Waals surface area contributed by atoms with Gasteiger partial charge in [-0.15, -0.1) is 10.2 Å². The Labute approximate surface area is 212 Å². The minimum absolute atomic E-state index is 0.182. The fraction of sp³-hybridized carbons (Fsp3) is 0.348. The van der Waals surface area contributed by atoms with E-state index in [1.807, 2.05) is 51.4 Å². The zero-order chi connectivity index (χ0) is 25.7. The van der Waals surface area contributed by atoms with E-state index in [-0.39, 0.29) is 5.25 Å². The van der Waals surface area contributed by atoms with Gasteiger partial charge in [0, 0.05) is 19.9 Å². The van der Waals surface area contributed by atoms with Crippen LogP contribution in [0.2, 0.25) is 0 Å². The second-order valence-electron chi connectivity index (χ2n) is 7.63. The fourth-order valence-corrected chi connectivity index (χ4v) is 4.34. The Bertz CT molecular complexity index is 1270. The van der Waals surface area contributed by atoms with Crippen molar-refractivity contribution >= 4 is 17.9 Å². The molecule has 1 N–H and O–H groups in total. The molecule has 190 valence electrons. The van der Waals surface area contributed by atoms with E-state index in [0.29, 0.717) is 47.1 Å². The minimum Gasteiger partial charge on any atom is -0.494 e. The van der Waals surface area contributed by atoms with Gasteiger partial charge < -0.3 is 14.2 Å². The molecule has 4 rings (SSSR count). The van der Waals surface area contributed by atoms with Crippen molar-refractivity contribution in [3.8, 4) is 28.7 Å². The third-order valence-corrected chi connectivity index (χ3v) is 6.15. The van der Waals surface area contributed by atoms with Crippen molar-refractivity contribution in [2.24, 2.45) is 7.05 Å². The van der Waals surface area contributed by atoms with E-state index in [2.05, 4.69) is 30.0 Å². The number of halogens is 1. The molecule has 0 bridgehead atoms. The molecule has 13 heteroatoms. The molecule has 11 nitrogen and oxygen atoms in total. The molecule has 0 spiro atoms. The van der Waals surface area contributed by atoms with Crippen LogP contribution in [0, 0.1) is 5.82 Å². The van der Waals surface area contributed by atoms with Crippen LogP contribution in [0.1, 0.15) is 25.8 Å². The van der Waals surface area contributed by atoms with Crippen molar-refractivity contribution in [2.45, 2.75) is 25.2 Å². The van der Waals surface area contributed by atoms with Crippen LogP contribution in [-0.2, 0) is 11.8 Å². The minimum atomic E-state index is -0.506. The molecule has 36 heavy (non-hydrogen) atoms. The molecular weight excluding hydrogens is 487 g/mol. The lowest BCUT2D eigenvalue weighted by molar-refractivity contribution is 0.0574. The third kappa shape index (κ3) is 5.26. The molecule has 0 fully saturated rings. The Morgan fingerprint density at radius 3 is 2.36 bits per heavy atom. The molecule has 0 amide bonds. The maximum absolute atomic E-state index is 13.4. The summed E-state index contributed by atoms with van der Waals surface area (Å²) in [4.78, 5) is 8.20. The molecular formula is C23H27FN8O3S. The molecule has 0 saturated heterocycles. The van der Waals surface area contributed by atoms with E-state index >= 15 is 0 Å². The molecule has 0 aliphatic heterocycles. The second kappa shape index (κ2) is 11.4. The summed E-state index contributed by atoms with van der Waals surface area (Å²) in [6.07, 6.45) is 3.60. The second-order valence-corrected chi connectivity index (χ2v) is 8.81. The number of hydrogen-bond donors (Lipinski definition) is 1. The molecule has 0 saturated carbocycles. The van der Waals surface area contributed by atoms with Crippen LogP contribution in [0.5, 0.6) is 11.5 Å². The third-order valence-electron chi connectivity index (χ3n) is 5.23. The molecule has 4 aromatic rings. The van der Waals surface area contributed by atoms with Gasteiger partial charge in [-0.2, -0.15) is 5.10 Å². The first-order chi connectivity index (χ1) is 17.5. The summed E-state index contributed by atoms with van der Waals surface area (Å²) in [5, 5.41) is 13.1. The van der Waals surface area contributed by atoms with Crippen molar-refractivity contribution in [1.82, 2.24) is 34.5 Å². The smallest absolute Gasteiger partial charge is 0.239 e. The van der Waals surface area contributed by atoms with Crippen LogP contribution in [0.4, 0.5) is 10.3 Å². The van der Waals surface area contributed by atoms with Gasteiger partial charge in [-0.1, -0.05) is 6.07 Å². The lowest BCUT2D eigenvalue weighted by Gasteiger charge is -2.22. The largest absolute Gasteiger partial charge is 0.494 e. The molecule has 2 unspecified atom stereocenters. The summed E-state index contributed by atoms with van der Waals surface area (Å²) in [7, 11) is 5.00. The van der Waals surface area contributed by atoms with Crippen molar-refractivity contribution in [2.75, 3.05) is 25.5 Å². The number of methoxy groups -OCH3 is 2. The van der Waals surface area contributed by atoms with Gasteiger partial charge in [0.15, 0.2) is 17.5 Å². The highest BCUT2D eigenvalue weighted by Gasteiger charge is 2.27.